The second-order valence-corrected chi connectivity index (χ2v) is 14.8. The summed E-state index contributed by atoms with van der Waals surface area (Å²) in [5, 5.41) is -0.261. The fraction of sp³-hybridized carbons (Fsp3) is 0.156. The maximum absolute atomic E-state index is 13.0. The van der Waals surface area contributed by atoms with Gasteiger partial charge in [0.2, 0.25) is 0 Å². The lowest BCUT2D eigenvalue weighted by molar-refractivity contribution is -0.135. The van der Waals surface area contributed by atoms with Crippen LogP contribution in [0.4, 0.5) is 0 Å². The van der Waals surface area contributed by atoms with E-state index in [1.54, 1.807) is 0 Å². The third-order valence-corrected chi connectivity index (χ3v) is 9.68. The minimum atomic E-state index is -0.773. The second kappa shape index (κ2) is 14.7. The second-order valence-electron chi connectivity index (χ2n) is 13.0. The lowest BCUT2D eigenvalue weighted by atomic mass is 9.67. The number of thiol groups is 2. The fourth-order valence-corrected chi connectivity index (χ4v) is 7.52. The van der Waals surface area contributed by atoms with Crippen molar-refractivity contribution < 1.29 is 19.1 Å². The van der Waals surface area contributed by atoms with E-state index in [1.165, 1.54) is 0 Å². The summed E-state index contributed by atoms with van der Waals surface area (Å²) in [6.45, 7) is 3.75. The van der Waals surface area contributed by atoms with Gasteiger partial charge in [0, 0.05) is 21.6 Å². The smallest absolute Gasteiger partial charge is 0.312 e. The van der Waals surface area contributed by atoms with Gasteiger partial charge in [0.1, 0.15) is 11.5 Å². The maximum atomic E-state index is 13.0. The molecule has 0 bridgehead atoms. The summed E-state index contributed by atoms with van der Waals surface area (Å²) < 4.78 is 12.0. The molecule has 0 aliphatic heterocycles. The first kappa shape index (κ1) is 34.4. The summed E-state index contributed by atoms with van der Waals surface area (Å²) in [6, 6.07) is 49.4. The highest BCUT2D eigenvalue weighted by Gasteiger charge is 2.46. The topological polar surface area (TPSA) is 52.6 Å². The van der Waals surface area contributed by atoms with Crippen molar-refractivity contribution in [2.24, 2.45) is 0 Å². The molecule has 0 amide bonds. The molecule has 7 rings (SSSR count). The van der Waals surface area contributed by atoms with E-state index in [9.17, 15) is 9.59 Å². The molecule has 2 atom stereocenters. The molecule has 0 N–H and O–H groups in total. The lowest BCUT2D eigenvalue weighted by Gasteiger charge is -2.35. The number of esters is 2. The minimum Gasteiger partial charge on any atom is -0.426 e. The highest BCUT2D eigenvalue weighted by molar-refractivity contribution is 7.81. The Kier molecular flexibility index (Phi) is 9.90. The first-order valence-electron chi connectivity index (χ1n) is 17.1. The molecule has 6 aromatic rings. The standard InChI is InChI=1S/C45H38O4S2/c1-29(50)25-43(46)48-41-23-21-33(27-37(41)31-13-5-3-6-14-31)45(39-19-11-9-17-35(39)36-18-10-12-20-40(36)45)34-22-24-42(49-44(47)26-30(2)51)38(28-34)32-15-7-4-8-16-32/h3-24,27-30,50-51H,25-26H2,1-2H3. The molecule has 0 aromatic heterocycles. The van der Waals surface area contributed by atoms with Crippen molar-refractivity contribution in [3.63, 3.8) is 0 Å². The van der Waals surface area contributed by atoms with Crippen LogP contribution in [0.5, 0.6) is 11.5 Å². The average molecular weight is 707 g/mol. The van der Waals surface area contributed by atoms with Crippen molar-refractivity contribution >= 4 is 37.2 Å². The molecular weight excluding hydrogens is 669 g/mol. The summed E-state index contributed by atoms with van der Waals surface area (Å²) in [5.41, 5.74) is 9.28. The molecule has 51 heavy (non-hydrogen) atoms. The van der Waals surface area contributed by atoms with Gasteiger partial charge in [-0.3, -0.25) is 9.59 Å². The number of hydrogen-bond donors (Lipinski definition) is 2. The van der Waals surface area contributed by atoms with Crippen LogP contribution in [0.1, 0.15) is 48.9 Å². The van der Waals surface area contributed by atoms with E-state index in [1.807, 2.05) is 86.6 Å². The summed E-state index contributed by atoms with van der Waals surface area (Å²) in [6.07, 6.45) is 0.381. The maximum Gasteiger partial charge on any atom is 0.312 e. The average Bonchev–Trinajstić information content (AvgIpc) is 3.43. The van der Waals surface area contributed by atoms with Crippen LogP contribution in [0.25, 0.3) is 33.4 Å². The third kappa shape index (κ3) is 6.74. The molecule has 0 saturated heterocycles. The highest BCUT2D eigenvalue weighted by Crippen LogP contribution is 2.57. The zero-order valence-electron chi connectivity index (χ0n) is 28.5. The predicted octanol–water partition coefficient (Wildman–Crippen LogP) is 10.6. The summed E-state index contributed by atoms with van der Waals surface area (Å²) in [4.78, 5) is 26.0. The van der Waals surface area contributed by atoms with E-state index >= 15 is 0 Å². The minimum absolute atomic E-state index is 0.130. The van der Waals surface area contributed by atoms with Crippen LogP contribution in [0.3, 0.4) is 0 Å². The monoisotopic (exact) mass is 706 g/mol. The van der Waals surface area contributed by atoms with Gasteiger partial charge in [0.25, 0.3) is 0 Å². The molecule has 1 aliphatic rings. The largest absolute Gasteiger partial charge is 0.426 e. The van der Waals surface area contributed by atoms with Gasteiger partial charge in [0.05, 0.1) is 18.3 Å². The Hall–Kier alpha value is -5.04. The highest BCUT2D eigenvalue weighted by atomic mass is 32.1. The first-order valence-corrected chi connectivity index (χ1v) is 18.2. The number of carbonyl (C=O) groups is 2. The third-order valence-electron chi connectivity index (χ3n) is 9.32. The van der Waals surface area contributed by atoms with E-state index in [-0.39, 0.29) is 35.3 Å². The number of carbonyl (C=O) groups excluding carboxylic acids is 2. The Labute approximate surface area is 310 Å². The van der Waals surface area contributed by atoms with Gasteiger partial charge in [-0.05, 0) is 68.8 Å². The van der Waals surface area contributed by atoms with Crippen LogP contribution < -0.4 is 9.47 Å². The van der Waals surface area contributed by atoms with E-state index in [2.05, 4.69) is 98.1 Å². The zero-order chi connectivity index (χ0) is 35.5. The van der Waals surface area contributed by atoms with Gasteiger partial charge in [-0.2, -0.15) is 25.3 Å². The molecule has 2 unspecified atom stereocenters. The Morgan fingerprint density at radius 2 is 0.882 bits per heavy atom. The molecule has 1 aliphatic carbocycles. The van der Waals surface area contributed by atoms with Gasteiger partial charge in [-0.1, -0.05) is 135 Å². The normalized spacial score (nSPS) is 13.8. The van der Waals surface area contributed by atoms with Gasteiger partial charge >= 0.3 is 11.9 Å². The molecule has 0 fully saturated rings. The van der Waals surface area contributed by atoms with Crippen LogP contribution in [0.2, 0.25) is 0 Å². The number of ether oxygens (including phenoxy) is 2. The molecule has 4 nitrogen and oxygen atoms in total. The van der Waals surface area contributed by atoms with Gasteiger partial charge in [-0.25, -0.2) is 0 Å². The van der Waals surface area contributed by atoms with Crippen molar-refractivity contribution in [3.05, 3.63) is 168 Å². The number of fused-ring (bicyclic) bond motifs is 3. The zero-order valence-corrected chi connectivity index (χ0v) is 30.2. The fourth-order valence-electron chi connectivity index (χ4n) is 7.23. The Morgan fingerprint density at radius 3 is 1.27 bits per heavy atom. The molecule has 0 saturated carbocycles. The van der Waals surface area contributed by atoms with E-state index in [0.717, 1.165) is 55.6 Å². The first-order chi connectivity index (χ1) is 24.8. The Balaban J connectivity index is 1.51. The Bertz CT molecular complexity index is 2050. The van der Waals surface area contributed by atoms with Crippen LogP contribution in [0.15, 0.2) is 146 Å². The summed E-state index contributed by atoms with van der Waals surface area (Å²) >= 11 is 8.84. The molecular formula is C45H38O4S2. The van der Waals surface area contributed by atoms with Crippen molar-refractivity contribution in [3.8, 4) is 44.9 Å². The van der Waals surface area contributed by atoms with Gasteiger partial charge < -0.3 is 9.47 Å². The number of rotatable bonds is 10. The molecule has 6 heteroatoms. The van der Waals surface area contributed by atoms with E-state index in [0.29, 0.717) is 11.5 Å². The van der Waals surface area contributed by atoms with Crippen molar-refractivity contribution in [1.82, 2.24) is 0 Å². The van der Waals surface area contributed by atoms with Crippen LogP contribution in [-0.4, -0.2) is 22.4 Å². The molecule has 0 radical (unpaired) electrons. The molecule has 6 aromatic carbocycles. The lowest BCUT2D eigenvalue weighted by Crippen LogP contribution is -2.29. The SMILES string of the molecule is CC(S)CC(=O)Oc1ccc(C2(c3ccc(OC(=O)CC(C)S)c(-c4ccccc4)c3)c3ccccc3-c3ccccc32)cc1-c1ccccc1. The van der Waals surface area contributed by atoms with Crippen LogP contribution in [-0.2, 0) is 15.0 Å². The molecule has 0 heterocycles. The van der Waals surface area contributed by atoms with Crippen molar-refractivity contribution in [2.45, 2.75) is 42.6 Å². The summed E-state index contributed by atoms with van der Waals surface area (Å²) in [5.74, 6) is 0.311. The molecule has 0 spiro atoms. The van der Waals surface area contributed by atoms with E-state index < -0.39 is 5.41 Å². The quantitative estimate of drug-likeness (QED) is 0.0845. The van der Waals surface area contributed by atoms with Crippen molar-refractivity contribution in [2.75, 3.05) is 0 Å². The Morgan fingerprint density at radius 1 is 0.510 bits per heavy atom. The van der Waals surface area contributed by atoms with Crippen molar-refractivity contribution in [1.29, 1.82) is 0 Å². The number of benzene rings is 6. The van der Waals surface area contributed by atoms with Gasteiger partial charge in [-0.15, -0.1) is 0 Å². The van der Waals surface area contributed by atoms with Crippen LogP contribution >= 0.6 is 25.3 Å². The number of hydrogen-bond acceptors (Lipinski definition) is 6. The van der Waals surface area contributed by atoms with Crippen LogP contribution in [0, 0.1) is 0 Å². The van der Waals surface area contributed by atoms with E-state index in [4.69, 9.17) is 9.47 Å². The van der Waals surface area contributed by atoms with Gasteiger partial charge in [0.15, 0.2) is 0 Å². The predicted molar refractivity (Wildman–Crippen MR) is 212 cm³/mol. The molecule has 254 valence electrons. The summed E-state index contributed by atoms with van der Waals surface area (Å²) in [7, 11) is 0.